The molecule has 1 heterocycles. The lowest BCUT2D eigenvalue weighted by atomic mass is 10.3. The smallest absolute Gasteiger partial charge is 0.171 e. The minimum absolute atomic E-state index is 0.277. The van der Waals surface area contributed by atoms with Crippen LogP contribution >= 0.6 is 11.8 Å². The van der Waals surface area contributed by atoms with Crippen LogP contribution in [0.15, 0.2) is 46.5 Å². The lowest BCUT2D eigenvalue weighted by molar-refractivity contribution is 0.414. The number of hydrogen-bond acceptors (Lipinski definition) is 4. The van der Waals surface area contributed by atoms with Crippen LogP contribution in [0.3, 0.4) is 0 Å². The summed E-state index contributed by atoms with van der Waals surface area (Å²) in [5, 5.41) is 0.622. The molecule has 0 aliphatic heterocycles. The SMILES string of the molecule is COc1cc(Sc2nc3ccccc3[nH]2)c(F)cc1N. The first-order valence-electron chi connectivity index (χ1n) is 5.93. The van der Waals surface area contributed by atoms with E-state index in [9.17, 15) is 4.39 Å². The fraction of sp³-hybridized carbons (Fsp3) is 0.0714. The molecule has 3 aromatic rings. The van der Waals surface area contributed by atoms with Gasteiger partial charge >= 0.3 is 0 Å². The maximum Gasteiger partial charge on any atom is 0.171 e. The van der Waals surface area contributed by atoms with Crippen LogP contribution < -0.4 is 10.5 Å². The molecular weight excluding hydrogens is 277 g/mol. The molecule has 0 spiro atoms. The van der Waals surface area contributed by atoms with E-state index in [1.807, 2.05) is 24.3 Å². The fourth-order valence-corrected chi connectivity index (χ4v) is 2.72. The zero-order valence-corrected chi connectivity index (χ0v) is 11.5. The molecule has 0 atom stereocenters. The first-order chi connectivity index (χ1) is 9.67. The van der Waals surface area contributed by atoms with E-state index in [2.05, 4.69) is 9.97 Å². The molecule has 0 saturated carbocycles. The van der Waals surface area contributed by atoms with Crippen molar-refractivity contribution < 1.29 is 9.13 Å². The highest BCUT2D eigenvalue weighted by molar-refractivity contribution is 7.99. The van der Waals surface area contributed by atoms with Gasteiger partial charge in [0.25, 0.3) is 0 Å². The number of nitrogens with zero attached hydrogens (tertiary/aromatic N) is 1. The highest BCUT2D eigenvalue weighted by Gasteiger charge is 2.12. The van der Waals surface area contributed by atoms with Crippen LogP contribution in [0.1, 0.15) is 0 Å². The Morgan fingerprint density at radius 2 is 2.10 bits per heavy atom. The van der Waals surface area contributed by atoms with Crippen LogP contribution in [0.2, 0.25) is 0 Å². The first-order valence-corrected chi connectivity index (χ1v) is 6.74. The van der Waals surface area contributed by atoms with Crippen molar-refractivity contribution in [3.63, 3.8) is 0 Å². The third-order valence-corrected chi connectivity index (χ3v) is 3.78. The Kier molecular flexibility index (Phi) is 3.23. The number of benzene rings is 2. The van der Waals surface area contributed by atoms with Crippen molar-refractivity contribution in [3.8, 4) is 5.75 Å². The molecule has 3 rings (SSSR count). The average Bonchev–Trinajstić information content (AvgIpc) is 2.84. The second kappa shape index (κ2) is 5.05. The van der Waals surface area contributed by atoms with Crippen molar-refractivity contribution in [2.45, 2.75) is 10.1 Å². The Hall–Kier alpha value is -2.21. The van der Waals surface area contributed by atoms with Crippen molar-refractivity contribution >= 4 is 28.5 Å². The normalized spacial score (nSPS) is 10.9. The van der Waals surface area contributed by atoms with E-state index in [4.69, 9.17) is 10.5 Å². The van der Waals surface area contributed by atoms with Gasteiger partial charge in [0.15, 0.2) is 5.16 Å². The van der Waals surface area contributed by atoms with E-state index >= 15 is 0 Å². The van der Waals surface area contributed by atoms with Crippen LogP contribution in [0, 0.1) is 5.82 Å². The zero-order valence-electron chi connectivity index (χ0n) is 10.7. The number of nitrogen functional groups attached to an aromatic ring is 1. The number of rotatable bonds is 3. The number of aromatic nitrogens is 2. The summed E-state index contributed by atoms with van der Waals surface area (Å²) in [6, 6.07) is 10.5. The van der Waals surface area contributed by atoms with Gasteiger partial charge in [0, 0.05) is 6.07 Å². The second-order valence-electron chi connectivity index (χ2n) is 4.19. The third kappa shape index (κ3) is 2.30. The van der Waals surface area contributed by atoms with Gasteiger partial charge in [-0.25, -0.2) is 9.37 Å². The Balaban J connectivity index is 1.98. The number of nitrogens with two attached hydrogens (primary N) is 1. The highest BCUT2D eigenvalue weighted by Crippen LogP contribution is 2.34. The van der Waals surface area contributed by atoms with Crippen LogP contribution in [0.25, 0.3) is 11.0 Å². The number of fused-ring (bicyclic) bond motifs is 1. The summed E-state index contributed by atoms with van der Waals surface area (Å²) in [5.41, 5.74) is 7.69. The van der Waals surface area contributed by atoms with Gasteiger partial charge in [0.1, 0.15) is 11.6 Å². The number of imidazole rings is 1. The molecular formula is C14H12FN3OS. The monoisotopic (exact) mass is 289 g/mol. The lowest BCUT2D eigenvalue weighted by Gasteiger charge is -2.07. The summed E-state index contributed by atoms with van der Waals surface area (Å²) in [5.74, 6) is 0.0544. The highest BCUT2D eigenvalue weighted by atomic mass is 32.2. The molecule has 1 aromatic heterocycles. The standard InChI is InChI=1S/C14H12FN3OS/c1-19-12-7-13(8(15)6-9(12)16)20-14-17-10-4-2-3-5-11(10)18-14/h2-7H,16H2,1H3,(H,17,18). The van der Waals surface area contributed by atoms with Gasteiger partial charge in [0.05, 0.1) is 28.7 Å². The van der Waals surface area contributed by atoms with Crippen molar-refractivity contribution in [2.24, 2.45) is 0 Å². The summed E-state index contributed by atoms with van der Waals surface area (Å²) in [6.45, 7) is 0. The lowest BCUT2D eigenvalue weighted by Crippen LogP contribution is -1.95. The Morgan fingerprint density at radius 1 is 1.30 bits per heavy atom. The van der Waals surface area contributed by atoms with Crippen LogP contribution in [0.4, 0.5) is 10.1 Å². The molecule has 0 bridgehead atoms. The van der Waals surface area contributed by atoms with Gasteiger partial charge in [-0.3, -0.25) is 0 Å². The summed E-state index contributed by atoms with van der Waals surface area (Å²) in [7, 11) is 1.50. The molecule has 102 valence electrons. The minimum atomic E-state index is -0.395. The molecule has 3 N–H and O–H groups in total. The number of para-hydroxylation sites is 2. The number of methoxy groups -OCH3 is 1. The third-order valence-electron chi connectivity index (χ3n) is 2.86. The van der Waals surface area contributed by atoms with Crippen molar-refractivity contribution in [2.75, 3.05) is 12.8 Å². The number of aromatic amines is 1. The van der Waals surface area contributed by atoms with Gasteiger partial charge in [-0.15, -0.1) is 0 Å². The van der Waals surface area contributed by atoms with E-state index < -0.39 is 5.82 Å². The summed E-state index contributed by atoms with van der Waals surface area (Å²) >= 11 is 1.20. The van der Waals surface area contributed by atoms with Crippen molar-refractivity contribution in [3.05, 3.63) is 42.2 Å². The summed E-state index contributed by atoms with van der Waals surface area (Å²) in [6.07, 6.45) is 0. The maximum atomic E-state index is 13.9. The molecule has 0 saturated heterocycles. The average molecular weight is 289 g/mol. The van der Waals surface area contributed by atoms with Crippen molar-refractivity contribution in [1.82, 2.24) is 9.97 Å². The van der Waals surface area contributed by atoms with E-state index in [0.29, 0.717) is 15.8 Å². The number of anilines is 1. The molecule has 2 aromatic carbocycles. The molecule has 0 aliphatic carbocycles. The molecule has 6 heteroatoms. The molecule has 0 amide bonds. The number of ether oxygens (including phenoxy) is 1. The molecule has 20 heavy (non-hydrogen) atoms. The van der Waals surface area contributed by atoms with Crippen LogP contribution in [-0.4, -0.2) is 17.1 Å². The summed E-state index contributed by atoms with van der Waals surface area (Å²) in [4.78, 5) is 7.94. The Bertz CT molecular complexity index is 739. The fourth-order valence-electron chi connectivity index (χ4n) is 1.89. The zero-order chi connectivity index (χ0) is 14.1. The molecule has 4 nitrogen and oxygen atoms in total. The van der Waals surface area contributed by atoms with E-state index in [1.165, 1.54) is 24.9 Å². The van der Waals surface area contributed by atoms with E-state index in [-0.39, 0.29) is 5.69 Å². The van der Waals surface area contributed by atoms with E-state index in [1.54, 1.807) is 6.07 Å². The predicted octanol–water partition coefficient (Wildman–Crippen LogP) is 3.44. The number of nitrogens with one attached hydrogen (secondary N) is 1. The van der Waals surface area contributed by atoms with Crippen LogP contribution in [0.5, 0.6) is 5.75 Å². The van der Waals surface area contributed by atoms with Gasteiger partial charge in [0.2, 0.25) is 0 Å². The van der Waals surface area contributed by atoms with Crippen molar-refractivity contribution in [1.29, 1.82) is 0 Å². The maximum absolute atomic E-state index is 13.9. The van der Waals surface area contributed by atoms with Crippen LogP contribution in [-0.2, 0) is 0 Å². The quantitative estimate of drug-likeness (QED) is 0.725. The van der Waals surface area contributed by atoms with Gasteiger partial charge < -0.3 is 15.5 Å². The predicted molar refractivity (Wildman–Crippen MR) is 77.6 cm³/mol. The Morgan fingerprint density at radius 3 is 2.85 bits per heavy atom. The Labute approximate surface area is 119 Å². The molecule has 0 radical (unpaired) electrons. The number of halogens is 1. The van der Waals surface area contributed by atoms with Gasteiger partial charge in [-0.1, -0.05) is 12.1 Å². The molecule has 0 unspecified atom stereocenters. The van der Waals surface area contributed by atoms with E-state index in [0.717, 1.165) is 11.0 Å². The topological polar surface area (TPSA) is 63.9 Å². The minimum Gasteiger partial charge on any atom is -0.495 e. The van der Waals surface area contributed by atoms with Gasteiger partial charge in [-0.05, 0) is 30.0 Å². The first kappa shape index (κ1) is 12.8. The van der Waals surface area contributed by atoms with Gasteiger partial charge in [-0.2, -0.15) is 0 Å². The number of H-pyrrole nitrogens is 1. The number of hydrogen-bond donors (Lipinski definition) is 2. The summed E-state index contributed by atoms with van der Waals surface area (Å²) < 4.78 is 19.0. The molecule has 0 fully saturated rings. The molecule has 0 aliphatic rings. The second-order valence-corrected chi connectivity index (χ2v) is 5.22. The largest absolute Gasteiger partial charge is 0.495 e.